The van der Waals surface area contributed by atoms with E-state index in [4.69, 9.17) is 0 Å². The van der Waals surface area contributed by atoms with E-state index in [1.54, 1.807) is 12.2 Å². The molecule has 0 aliphatic carbocycles. The van der Waals surface area contributed by atoms with Crippen molar-refractivity contribution in [1.82, 2.24) is 10.2 Å². The van der Waals surface area contributed by atoms with Crippen LogP contribution in [0.1, 0.15) is 6.42 Å². The molecule has 0 aromatic heterocycles. The predicted molar refractivity (Wildman–Crippen MR) is 60.5 cm³/mol. The monoisotopic (exact) mass is 250 g/mol. The zero-order valence-electron chi connectivity index (χ0n) is 9.59. The fourth-order valence-corrected chi connectivity index (χ4v) is 1.23. The van der Waals surface area contributed by atoms with E-state index in [-0.39, 0.29) is 6.54 Å². The Morgan fingerprint density at radius 2 is 1.76 bits per heavy atom. The summed E-state index contributed by atoms with van der Waals surface area (Å²) in [6.07, 6.45) is -0.943. The van der Waals surface area contributed by atoms with Crippen LogP contribution in [0.3, 0.4) is 0 Å². The Morgan fingerprint density at radius 3 is 2.18 bits per heavy atom. The molecule has 0 aliphatic heterocycles. The summed E-state index contributed by atoms with van der Waals surface area (Å²) in [5, 5.41) is 1.82. The normalized spacial score (nSPS) is 11.3. The number of hydrogen-bond donors (Lipinski definition) is 1. The third-order valence-corrected chi connectivity index (χ3v) is 1.97. The molecule has 1 N–H and O–H groups in total. The number of alkyl halides is 3. The molecular weight excluding hydrogens is 233 g/mol. The van der Waals surface area contributed by atoms with Gasteiger partial charge in [-0.05, 0) is 6.42 Å². The van der Waals surface area contributed by atoms with Crippen molar-refractivity contribution in [3.8, 4) is 0 Å². The van der Waals surface area contributed by atoms with Crippen LogP contribution in [-0.2, 0) is 4.79 Å². The van der Waals surface area contributed by atoms with Crippen LogP contribution in [0.15, 0.2) is 25.3 Å². The van der Waals surface area contributed by atoms with Crippen molar-refractivity contribution in [3.05, 3.63) is 25.3 Å². The first-order chi connectivity index (χ1) is 7.91. The maximum atomic E-state index is 11.8. The van der Waals surface area contributed by atoms with E-state index >= 15 is 0 Å². The van der Waals surface area contributed by atoms with Crippen molar-refractivity contribution in [1.29, 1.82) is 0 Å². The number of carbonyl (C=O) groups is 1. The Hall–Kier alpha value is -1.30. The van der Waals surface area contributed by atoms with Gasteiger partial charge in [-0.2, -0.15) is 13.2 Å². The van der Waals surface area contributed by atoms with Gasteiger partial charge >= 0.3 is 12.1 Å². The summed E-state index contributed by atoms with van der Waals surface area (Å²) in [6.45, 7) is 9.01. The van der Waals surface area contributed by atoms with Crippen LogP contribution in [0, 0.1) is 0 Å². The lowest BCUT2D eigenvalue weighted by Gasteiger charge is -2.18. The average Bonchev–Trinajstić information content (AvgIpc) is 2.23. The number of nitrogens with zero attached hydrogens (tertiary/aromatic N) is 1. The smallest absolute Gasteiger partial charge is 0.348 e. The van der Waals surface area contributed by atoms with E-state index in [2.05, 4.69) is 13.2 Å². The van der Waals surface area contributed by atoms with E-state index in [9.17, 15) is 18.0 Å². The third-order valence-electron chi connectivity index (χ3n) is 1.97. The van der Waals surface area contributed by atoms with Gasteiger partial charge in [0.1, 0.15) is 0 Å². The fourth-order valence-electron chi connectivity index (χ4n) is 1.23. The first-order valence-corrected chi connectivity index (χ1v) is 5.21. The molecule has 0 spiro atoms. The largest absolute Gasteiger partial charge is 0.471 e. The number of halogens is 3. The minimum absolute atomic E-state index is 0.00310. The number of carbonyl (C=O) groups excluding carboxylic acids is 1. The van der Waals surface area contributed by atoms with Gasteiger partial charge in [0.2, 0.25) is 0 Å². The van der Waals surface area contributed by atoms with E-state index < -0.39 is 12.1 Å². The molecule has 0 heterocycles. The summed E-state index contributed by atoms with van der Waals surface area (Å²) in [7, 11) is 0. The van der Waals surface area contributed by atoms with Crippen molar-refractivity contribution in [2.24, 2.45) is 0 Å². The molecule has 0 bridgehead atoms. The van der Waals surface area contributed by atoms with Gasteiger partial charge in [0.05, 0.1) is 0 Å². The zero-order chi connectivity index (χ0) is 13.3. The first kappa shape index (κ1) is 15.7. The average molecular weight is 250 g/mol. The maximum Gasteiger partial charge on any atom is 0.471 e. The highest BCUT2D eigenvalue weighted by atomic mass is 19.4. The van der Waals surface area contributed by atoms with Crippen molar-refractivity contribution in [2.75, 3.05) is 26.2 Å². The summed E-state index contributed by atoms with van der Waals surface area (Å²) >= 11 is 0. The standard InChI is InChI=1S/C11H17F3N2O/c1-3-7-16(8-4-2)9-5-6-15-10(17)11(12,13)14/h3-4H,1-2,5-9H2,(H,15,17). The van der Waals surface area contributed by atoms with Crippen LogP contribution in [-0.4, -0.2) is 43.2 Å². The highest BCUT2D eigenvalue weighted by Gasteiger charge is 2.38. The molecule has 0 rings (SSSR count). The Kier molecular flexibility index (Phi) is 7.29. The quantitative estimate of drug-likeness (QED) is 0.525. The first-order valence-electron chi connectivity index (χ1n) is 5.21. The van der Waals surface area contributed by atoms with Crippen LogP contribution in [0.25, 0.3) is 0 Å². The second-order valence-corrected chi connectivity index (χ2v) is 3.44. The number of hydrogen-bond acceptors (Lipinski definition) is 2. The van der Waals surface area contributed by atoms with Gasteiger partial charge in [0.15, 0.2) is 0 Å². The third kappa shape index (κ3) is 7.57. The number of amides is 1. The molecule has 6 heteroatoms. The molecule has 0 saturated heterocycles. The van der Waals surface area contributed by atoms with E-state index in [0.29, 0.717) is 26.1 Å². The molecule has 0 aromatic rings. The lowest BCUT2D eigenvalue weighted by Crippen LogP contribution is -2.38. The van der Waals surface area contributed by atoms with Gasteiger partial charge in [-0.25, -0.2) is 0 Å². The molecule has 0 atom stereocenters. The molecule has 0 fully saturated rings. The summed E-state index contributed by atoms with van der Waals surface area (Å²) in [5.41, 5.74) is 0. The Bertz CT molecular complexity index is 254. The van der Waals surface area contributed by atoms with Gasteiger partial charge in [-0.15, -0.1) is 13.2 Å². The van der Waals surface area contributed by atoms with Gasteiger partial charge in [-0.1, -0.05) is 12.2 Å². The van der Waals surface area contributed by atoms with Crippen molar-refractivity contribution in [2.45, 2.75) is 12.6 Å². The molecule has 0 saturated carbocycles. The minimum atomic E-state index is -4.80. The molecule has 0 aromatic carbocycles. The van der Waals surface area contributed by atoms with Crippen LogP contribution in [0.5, 0.6) is 0 Å². The van der Waals surface area contributed by atoms with Crippen molar-refractivity contribution >= 4 is 5.91 Å². The Morgan fingerprint density at radius 1 is 1.24 bits per heavy atom. The lowest BCUT2D eigenvalue weighted by atomic mass is 10.3. The van der Waals surface area contributed by atoms with Crippen molar-refractivity contribution < 1.29 is 18.0 Å². The molecule has 0 radical (unpaired) electrons. The summed E-state index contributed by atoms with van der Waals surface area (Å²) < 4.78 is 35.5. The van der Waals surface area contributed by atoms with E-state index in [0.717, 1.165) is 0 Å². The molecule has 1 amide bonds. The topological polar surface area (TPSA) is 32.3 Å². The molecule has 0 unspecified atom stereocenters. The SMILES string of the molecule is C=CCN(CC=C)CCCNC(=O)C(F)(F)F. The predicted octanol–water partition coefficient (Wildman–Crippen LogP) is 1.73. The minimum Gasteiger partial charge on any atom is -0.348 e. The summed E-state index contributed by atoms with van der Waals surface area (Å²) in [6, 6.07) is 0. The fraction of sp³-hybridized carbons (Fsp3) is 0.545. The van der Waals surface area contributed by atoms with E-state index in [1.807, 2.05) is 10.2 Å². The van der Waals surface area contributed by atoms with Gasteiger partial charge in [0, 0.05) is 26.2 Å². The number of rotatable bonds is 8. The highest BCUT2D eigenvalue weighted by molar-refractivity contribution is 5.81. The molecule has 3 nitrogen and oxygen atoms in total. The molecule has 98 valence electrons. The second kappa shape index (κ2) is 7.89. The Labute approximate surface area is 99.0 Å². The molecule has 17 heavy (non-hydrogen) atoms. The molecule has 0 aliphatic rings. The van der Waals surface area contributed by atoms with Crippen LogP contribution >= 0.6 is 0 Å². The zero-order valence-corrected chi connectivity index (χ0v) is 9.59. The van der Waals surface area contributed by atoms with Crippen molar-refractivity contribution in [3.63, 3.8) is 0 Å². The maximum absolute atomic E-state index is 11.8. The van der Waals surface area contributed by atoms with E-state index in [1.165, 1.54) is 0 Å². The summed E-state index contributed by atoms with van der Waals surface area (Å²) in [5.74, 6) is -1.89. The summed E-state index contributed by atoms with van der Waals surface area (Å²) in [4.78, 5) is 12.4. The van der Waals surface area contributed by atoms with Crippen LogP contribution < -0.4 is 5.32 Å². The lowest BCUT2D eigenvalue weighted by molar-refractivity contribution is -0.173. The Balaban J connectivity index is 3.78. The van der Waals surface area contributed by atoms with Crippen LogP contribution in [0.4, 0.5) is 13.2 Å². The molecular formula is C11H17F3N2O. The van der Waals surface area contributed by atoms with Gasteiger partial charge in [-0.3, -0.25) is 9.69 Å². The number of nitrogens with one attached hydrogen (secondary N) is 1. The van der Waals surface area contributed by atoms with Gasteiger partial charge in [0.25, 0.3) is 0 Å². The highest BCUT2D eigenvalue weighted by Crippen LogP contribution is 2.13. The van der Waals surface area contributed by atoms with Crippen LogP contribution in [0.2, 0.25) is 0 Å². The van der Waals surface area contributed by atoms with Gasteiger partial charge < -0.3 is 5.32 Å². The second-order valence-electron chi connectivity index (χ2n) is 3.44.